The largest absolute Gasteiger partial charge is 0.394 e. The molecule has 2 N–H and O–H groups in total. The van der Waals surface area contributed by atoms with Gasteiger partial charge in [-0.25, -0.2) is 0 Å². The Balaban J connectivity index is 2.28. The minimum atomic E-state index is -0.0889. The van der Waals surface area contributed by atoms with Gasteiger partial charge in [-0.3, -0.25) is 0 Å². The number of nitrogens with one attached hydrogen (secondary N) is 1. The van der Waals surface area contributed by atoms with Crippen LogP contribution >= 0.6 is 0 Å². The minimum Gasteiger partial charge on any atom is -0.394 e. The van der Waals surface area contributed by atoms with Crippen LogP contribution in [0.3, 0.4) is 0 Å². The first-order valence-electron chi connectivity index (χ1n) is 5.16. The lowest BCUT2D eigenvalue weighted by molar-refractivity contribution is 0.153. The number of aliphatic hydroxyl groups excluding tert-OH is 1. The van der Waals surface area contributed by atoms with Gasteiger partial charge in [-0.15, -0.1) is 0 Å². The molecule has 1 aliphatic rings. The van der Waals surface area contributed by atoms with Crippen molar-refractivity contribution in [3.8, 4) is 0 Å². The number of aliphatic hydroxyl groups is 1. The van der Waals surface area contributed by atoms with Crippen molar-refractivity contribution in [1.29, 1.82) is 0 Å². The van der Waals surface area contributed by atoms with Crippen LogP contribution in [0.4, 0.5) is 0 Å². The second-order valence-electron chi connectivity index (χ2n) is 4.13. The van der Waals surface area contributed by atoms with E-state index in [1.54, 1.807) is 0 Å². The van der Waals surface area contributed by atoms with Crippen LogP contribution in [-0.2, 0) is 12.8 Å². The van der Waals surface area contributed by atoms with Crippen molar-refractivity contribution < 1.29 is 5.11 Å². The molecule has 1 atom stereocenters. The maximum Gasteiger partial charge on any atom is 0.0616 e. The van der Waals surface area contributed by atoms with Crippen molar-refractivity contribution in [3.63, 3.8) is 0 Å². The molecule has 0 aliphatic heterocycles. The third kappa shape index (κ3) is 1.56. The summed E-state index contributed by atoms with van der Waals surface area (Å²) in [6, 6.07) is 8.51. The van der Waals surface area contributed by atoms with Gasteiger partial charge in [0, 0.05) is 5.54 Å². The predicted molar refractivity (Wildman–Crippen MR) is 57.3 cm³/mol. The Hall–Kier alpha value is -0.860. The van der Waals surface area contributed by atoms with Crippen molar-refractivity contribution in [2.24, 2.45) is 0 Å². The van der Waals surface area contributed by atoms with E-state index in [9.17, 15) is 5.11 Å². The van der Waals surface area contributed by atoms with E-state index in [4.69, 9.17) is 0 Å². The zero-order valence-corrected chi connectivity index (χ0v) is 8.59. The van der Waals surface area contributed by atoms with Crippen LogP contribution in [0.2, 0.25) is 0 Å². The van der Waals surface area contributed by atoms with E-state index in [2.05, 4.69) is 29.6 Å². The molecule has 0 heterocycles. The predicted octanol–water partition coefficient (Wildman–Crippen LogP) is 1.13. The van der Waals surface area contributed by atoms with Gasteiger partial charge in [0.05, 0.1) is 6.61 Å². The minimum absolute atomic E-state index is 0.0889. The molecular weight excluding hydrogens is 174 g/mol. The van der Waals surface area contributed by atoms with Crippen LogP contribution in [0.1, 0.15) is 17.5 Å². The lowest BCUT2D eigenvalue weighted by atomic mass is 9.78. The van der Waals surface area contributed by atoms with Crippen LogP contribution in [0.15, 0.2) is 24.3 Å². The summed E-state index contributed by atoms with van der Waals surface area (Å²) in [5.74, 6) is 0. The molecular formula is C12H17NO. The van der Waals surface area contributed by atoms with Gasteiger partial charge in [0.25, 0.3) is 0 Å². The van der Waals surface area contributed by atoms with Gasteiger partial charge in [0.15, 0.2) is 0 Å². The number of likely N-dealkylation sites (N-methyl/N-ethyl adjacent to an activating group) is 1. The lowest BCUT2D eigenvalue weighted by Gasteiger charge is -2.36. The quantitative estimate of drug-likeness (QED) is 0.734. The topological polar surface area (TPSA) is 32.3 Å². The van der Waals surface area contributed by atoms with Crippen LogP contribution in [0.5, 0.6) is 0 Å². The molecule has 0 saturated heterocycles. The zero-order valence-electron chi connectivity index (χ0n) is 8.59. The Morgan fingerprint density at radius 1 is 1.36 bits per heavy atom. The van der Waals surface area contributed by atoms with Gasteiger partial charge in [0.1, 0.15) is 0 Å². The summed E-state index contributed by atoms with van der Waals surface area (Å²) in [5, 5.41) is 12.7. The first-order chi connectivity index (χ1) is 6.79. The Morgan fingerprint density at radius 3 is 2.71 bits per heavy atom. The number of hydrogen-bond acceptors (Lipinski definition) is 2. The highest BCUT2D eigenvalue weighted by Crippen LogP contribution is 2.27. The van der Waals surface area contributed by atoms with Gasteiger partial charge in [-0.1, -0.05) is 24.3 Å². The highest BCUT2D eigenvalue weighted by atomic mass is 16.3. The number of hydrogen-bond donors (Lipinski definition) is 2. The standard InChI is InChI=1S/C12H17NO/c1-13-12(9-14)7-6-10-4-2-3-5-11(10)8-12/h2-5,13-14H,6-9H2,1H3/t12-/m0/s1. The van der Waals surface area contributed by atoms with Crippen molar-refractivity contribution in [1.82, 2.24) is 5.32 Å². The molecule has 0 unspecified atom stereocenters. The average Bonchev–Trinajstić information content (AvgIpc) is 2.28. The van der Waals surface area contributed by atoms with E-state index in [1.807, 2.05) is 7.05 Å². The molecule has 1 aromatic carbocycles. The van der Waals surface area contributed by atoms with Gasteiger partial charge >= 0.3 is 0 Å². The summed E-state index contributed by atoms with van der Waals surface area (Å²) in [6.45, 7) is 0.220. The molecule has 0 saturated carbocycles. The maximum atomic E-state index is 9.40. The fourth-order valence-corrected chi connectivity index (χ4v) is 2.23. The zero-order chi connectivity index (χ0) is 10.0. The fourth-order valence-electron chi connectivity index (χ4n) is 2.23. The molecule has 0 aromatic heterocycles. The van der Waals surface area contributed by atoms with Gasteiger partial charge in [-0.2, -0.15) is 0 Å². The third-order valence-corrected chi connectivity index (χ3v) is 3.35. The SMILES string of the molecule is CN[C@@]1(CO)CCc2ccccc2C1. The normalized spacial score (nSPS) is 25.9. The molecule has 2 heteroatoms. The molecule has 0 radical (unpaired) electrons. The Kier molecular flexibility index (Phi) is 2.57. The third-order valence-electron chi connectivity index (χ3n) is 3.35. The van der Waals surface area contributed by atoms with Crippen molar-refractivity contribution >= 4 is 0 Å². The lowest BCUT2D eigenvalue weighted by Crippen LogP contribution is -2.50. The molecule has 0 amide bonds. The van der Waals surface area contributed by atoms with Crippen LogP contribution in [0.25, 0.3) is 0 Å². The second kappa shape index (κ2) is 3.71. The molecule has 1 aliphatic carbocycles. The molecule has 2 nitrogen and oxygen atoms in total. The van der Waals surface area contributed by atoms with Crippen molar-refractivity contribution in [2.75, 3.05) is 13.7 Å². The van der Waals surface area contributed by atoms with E-state index in [0.29, 0.717) is 0 Å². The molecule has 0 bridgehead atoms. The summed E-state index contributed by atoms with van der Waals surface area (Å²) in [7, 11) is 1.93. The fraction of sp³-hybridized carbons (Fsp3) is 0.500. The monoisotopic (exact) mass is 191 g/mol. The Morgan fingerprint density at radius 2 is 2.07 bits per heavy atom. The summed E-state index contributed by atoms with van der Waals surface area (Å²) in [4.78, 5) is 0. The van der Waals surface area contributed by atoms with E-state index in [-0.39, 0.29) is 12.1 Å². The molecule has 0 fully saturated rings. The molecule has 76 valence electrons. The molecule has 14 heavy (non-hydrogen) atoms. The molecule has 0 spiro atoms. The van der Waals surface area contributed by atoms with Gasteiger partial charge < -0.3 is 10.4 Å². The number of benzene rings is 1. The molecule has 2 rings (SSSR count). The van der Waals surface area contributed by atoms with Crippen LogP contribution in [-0.4, -0.2) is 24.3 Å². The van der Waals surface area contributed by atoms with Crippen molar-refractivity contribution in [3.05, 3.63) is 35.4 Å². The van der Waals surface area contributed by atoms with Gasteiger partial charge in [0.2, 0.25) is 0 Å². The molecule has 1 aromatic rings. The first kappa shape index (κ1) is 9.69. The van der Waals surface area contributed by atoms with E-state index in [1.165, 1.54) is 11.1 Å². The number of fused-ring (bicyclic) bond motifs is 1. The van der Waals surface area contributed by atoms with Gasteiger partial charge in [-0.05, 0) is 37.4 Å². The van der Waals surface area contributed by atoms with E-state index < -0.39 is 0 Å². The number of aryl methyl sites for hydroxylation is 1. The smallest absolute Gasteiger partial charge is 0.0616 e. The highest BCUT2D eigenvalue weighted by Gasteiger charge is 2.31. The maximum absolute atomic E-state index is 9.40. The van der Waals surface area contributed by atoms with E-state index >= 15 is 0 Å². The van der Waals surface area contributed by atoms with E-state index in [0.717, 1.165) is 19.3 Å². The summed E-state index contributed by atoms with van der Waals surface area (Å²) in [5.41, 5.74) is 2.72. The second-order valence-corrected chi connectivity index (χ2v) is 4.13. The first-order valence-corrected chi connectivity index (χ1v) is 5.16. The summed E-state index contributed by atoms with van der Waals surface area (Å²) >= 11 is 0. The Labute approximate surface area is 85.0 Å². The highest BCUT2D eigenvalue weighted by molar-refractivity contribution is 5.32. The Bertz CT molecular complexity index is 318. The van der Waals surface area contributed by atoms with Crippen LogP contribution < -0.4 is 5.32 Å². The van der Waals surface area contributed by atoms with Crippen molar-refractivity contribution in [2.45, 2.75) is 24.8 Å². The van der Waals surface area contributed by atoms with Crippen LogP contribution in [0, 0.1) is 0 Å². The summed E-state index contributed by atoms with van der Waals surface area (Å²) < 4.78 is 0. The average molecular weight is 191 g/mol. The number of rotatable bonds is 2. The summed E-state index contributed by atoms with van der Waals surface area (Å²) in [6.07, 6.45) is 3.03.